The quantitative estimate of drug-likeness (QED) is 0.745. The van der Waals surface area contributed by atoms with Gasteiger partial charge in [0, 0.05) is 24.5 Å². The maximum absolute atomic E-state index is 12.1. The van der Waals surface area contributed by atoms with E-state index in [4.69, 9.17) is 5.11 Å². The second-order valence-corrected chi connectivity index (χ2v) is 5.34. The minimum Gasteiger partial charge on any atom is -0.395 e. The van der Waals surface area contributed by atoms with E-state index in [0.717, 1.165) is 43.7 Å². The molecule has 21 heavy (non-hydrogen) atoms. The molecule has 1 heterocycles. The van der Waals surface area contributed by atoms with Gasteiger partial charge in [0.25, 0.3) is 0 Å². The number of likely N-dealkylation sites (N-methyl/N-ethyl adjacent to an activating group) is 1. The summed E-state index contributed by atoms with van der Waals surface area (Å²) >= 11 is 0. The Bertz CT molecular complexity index is 441. The Balaban J connectivity index is 1.93. The van der Waals surface area contributed by atoms with Gasteiger partial charge in [0.05, 0.1) is 12.6 Å². The van der Waals surface area contributed by atoms with Gasteiger partial charge in [-0.2, -0.15) is 0 Å². The second kappa shape index (κ2) is 8.00. The average Bonchev–Trinajstić information content (AvgIpc) is 2.54. The van der Waals surface area contributed by atoms with Gasteiger partial charge in [-0.1, -0.05) is 6.42 Å². The zero-order chi connectivity index (χ0) is 15.1. The first-order valence-electron chi connectivity index (χ1n) is 7.74. The lowest BCUT2D eigenvalue weighted by Crippen LogP contribution is -2.43. The third kappa shape index (κ3) is 4.44. The van der Waals surface area contributed by atoms with Crippen LogP contribution in [0.25, 0.3) is 0 Å². The Morgan fingerprint density at radius 1 is 1.38 bits per heavy atom. The van der Waals surface area contributed by atoms with Crippen molar-refractivity contribution in [2.45, 2.75) is 32.2 Å². The van der Waals surface area contributed by atoms with Gasteiger partial charge in [-0.3, -0.25) is 4.79 Å². The molecule has 1 unspecified atom stereocenters. The van der Waals surface area contributed by atoms with Gasteiger partial charge in [0.2, 0.25) is 5.91 Å². The van der Waals surface area contributed by atoms with Gasteiger partial charge in [-0.05, 0) is 50.6 Å². The largest absolute Gasteiger partial charge is 0.395 e. The second-order valence-electron chi connectivity index (χ2n) is 5.34. The first kappa shape index (κ1) is 15.8. The van der Waals surface area contributed by atoms with Gasteiger partial charge in [0.15, 0.2) is 0 Å². The maximum Gasteiger partial charge on any atom is 0.241 e. The molecule has 5 nitrogen and oxygen atoms in total. The van der Waals surface area contributed by atoms with Crippen LogP contribution < -0.4 is 15.5 Å². The monoisotopic (exact) mass is 291 g/mol. The van der Waals surface area contributed by atoms with Crippen molar-refractivity contribution < 1.29 is 9.90 Å². The highest BCUT2D eigenvalue weighted by Gasteiger charge is 2.20. The summed E-state index contributed by atoms with van der Waals surface area (Å²) in [5.74, 6) is 0.0464. The summed E-state index contributed by atoms with van der Waals surface area (Å²) in [4.78, 5) is 14.2. The summed E-state index contributed by atoms with van der Waals surface area (Å²) in [5, 5.41) is 15.2. The Morgan fingerprint density at radius 2 is 2.14 bits per heavy atom. The number of hydrogen-bond acceptors (Lipinski definition) is 4. The molecule has 116 valence electrons. The topological polar surface area (TPSA) is 64.6 Å². The molecule has 1 aliphatic rings. The number of anilines is 2. The van der Waals surface area contributed by atoms with Gasteiger partial charge in [0.1, 0.15) is 0 Å². The standard InChI is InChI=1S/C16H25N3O2/c1-2-19(11-12-20)14-8-6-13(7-9-14)18-16(21)15-5-3-4-10-17-15/h6-9,15,17,20H,2-5,10-12H2,1H3,(H,18,21). The lowest BCUT2D eigenvalue weighted by Gasteiger charge is -2.23. The Morgan fingerprint density at radius 3 is 2.71 bits per heavy atom. The number of aliphatic hydroxyl groups is 1. The van der Waals surface area contributed by atoms with Crippen LogP contribution in [-0.4, -0.2) is 43.3 Å². The minimum atomic E-state index is -0.0695. The molecule has 2 rings (SSSR count). The molecule has 0 radical (unpaired) electrons. The number of carbonyl (C=O) groups is 1. The molecule has 1 fully saturated rings. The molecule has 1 aromatic carbocycles. The third-order valence-corrected chi connectivity index (χ3v) is 3.88. The smallest absolute Gasteiger partial charge is 0.241 e. The van der Waals surface area contributed by atoms with Crippen molar-refractivity contribution in [1.82, 2.24) is 5.32 Å². The molecule has 0 spiro atoms. The SMILES string of the molecule is CCN(CCO)c1ccc(NC(=O)C2CCCCN2)cc1. The molecule has 0 saturated carbocycles. The predicted molar refractivity (Wildman–Crippen MR) is 85.7 cm³/mol. The average molecular weight is 291 g/mol. The van der Waals surface area contributed by atoms with E-state index in [9.17, 15) is 4.79 Å². The molecular weight excluding hydrogens is 266 g/mol. The zero-order valence-electron chi connectivity index (χ0n) is 12.6. The molecule has 5 heteroatoms. The van der Waals surface area contributed by atoms with Crippen LogP contribution in [-0.2, 0) is 4.79 Å². The van der Waals surface area contributed by atoms with E-state index in [-0.39, 0.29) is 18.6 Å². The zero-order valence-corrected chi connectivity index (χ0v) is 12.6. The summed E-state index contributed by atoms with van der Waals surface area (Å²) in [6.45, 7) is 4.58. The first-order valence-corrected chi connectivity index (χ1v) is 7.74. The van der Waals surface area contributed by atoms with Crippen LogP contribution in [0.3, 0.4) is 0 Å². The van der Waals surface area contributed by atoms with Crippen LogP contribution in [0.2, 0.25) is 0 Å². The van der Waals surface area contributed by atoms with Gasteiger partial charge < -0.3 is 20.6 Å². The van der Waals surface area contributed by atoms with E-state index in [1.165, 1.54) is 0 Å². The van der Waals surface area contributed by atoms with Crippen molar-refractivity contribution in [3.05, 3.63) is 24.3 Å². The summed E-state index contributed by atoms with van der Waals surface area (Å²) in [5.41, 5.74) is 1.87. The summed E-state index contributed by atoms with van der Waals surface area (Å²) in [7, 11) is 0. The molecule has 0 aromatic heterocycles. The number of benzene rings is 1. The van der Waals surface area contributed by atoms with Crippen LogP contribution in [0, 0.1) is 0 Å². The van der Waals surface area contributed by atoms with Gasteiger partial charge in [-0.25, -0.2) is 0 Å². The van der Waals surface area contributed by atoms with Crippen molar-refractivity contribution in [1.29, 1.82) is 0 Å². The number of aliphatic hydroxyl groups excluding tert-OH is 1. The molecule has 0 aliphatic carbocycles. The fraction of sp³-hybridized carbons (Fsp3) is 0.562. The van der Waals surface area contributed by atoms with Crippen LogP contribution >= 0.6 is 0 Å². The highest BCUT2D eigenvalue weighted by molar-refractivity contribution is 5.95. The van der Waals surface area contributed by atoms with E-state index in [1.807, 2.05) is 24.3 Å². The molecule has 1 aliphatic heterocycles. The Hall–Kier alpha value is -1.59. The van der Waals surface area contributed by atoms with E-state index in [2.05, 4.69) is 22.5 Å². The van der Waals surface area contributed by atoms with Crippen molar-refractivity contribution in [3.63, 3.8) is 0 Å². The highest BCUT2D eigenvalue weighted by Crippen LogP contribution is 2.18. The fourth-order valence-electron chi connectivity index (χ4n) is 2.65. The van der Waals surface area contributed by atoms with Crippen molar-refractivity contribution >= 4 is 17.3 Å². The van der Waals surface area contributed by atoms with E-state index >= 15 is 0 Å². The van der Waals surface area contributed by atoms with Crippen molar-refractivity contribution in [2.75, 3.05) is 36.5 Å². The summed E-state index contributed by atoms with van der Waals surface area (Å²) < 4.78 is 0. The molecule has 1 aromatic rings. The minimum absolute atomic E-state index is 0.0464. The normalized spacial score (nSPS) is 18.3. The lowest BCUT2D eigenvalue weighted by atomic mass is 10.0. The first-order chi connectivity index (χ1) is 10.2. The molecule has 0 bridgehead atoms. The van der Waals surface area contributed by atoms with Crippen molar-refractivity contribution in [3.8, 4) is 0 Å². The lowest BCUT2D eigenvalue weighted by molar-refractivity contribution is -0.118. The van der Waals surface area contributed by atoms with Crippen LogP contribution in [0.1, 0.15) is 26.2 Å². The number of rotatable bonds is 6. The van der Waals surface area contributed by atoms with Gasteiger partial charge in [-0.15, -0.1) is 0 Å². The van der Waals surface area contributed by atoms with Crippen LogP contribution in [0.4, 0.5) is 11.4 Å². The molecular formula is C16H25N3O2. The predicted octanol–water partition coefficient (Wildman–Crippen LogP) is 1.59. The highest BCUT2D eigenvalue weighted by atomic mass is 16.3. The molecule has 3 N–H and O–H groups in total. The summed E-state index contributed by atoms with van der Waals surface area (Å²) in [6, 6.07) is 7.71. The molecule has 1 atom stereocenters. The van der Waals surface area contributed by atoms with E-state index in [1.54, 1.807) is 0 Å². The number of nitrogens with one attached hydrogen (secondary N) is 2. The van der Waals surface area contributed by atoms with Crippen LogP contribution in [0.15, 0.2) is 24.3 Å². The van der Waals surface area contributed by atoms with E-state index in [0.29, 0.717) is 6.54 Å². The Kier molecular flexibility index (Phi) is 6.02. The van der Waals surface area contributed by atoms with Gasteiger partial charge >= 0.3 is 0 Å². The van der Waals surface area contributed by atoms with E-state index < -0.39 is 0 Å². The summed E-state index contributed by atoms with van der Waals surface area (Å²) in [6.07, 6.45) is 3.16. The number of hydrogen-bond donors (Lipinski definition) is 3. The molecule has 1 saturated heterocycles. The number of amides is 1. The maximum atomic E-state index is 12.1. The molecule has 1 amide bonds. The fourth-order valence-corrected chi connectivity index (χ4v) is 2.65. The Labute approximate surface area is 126 Å². The number of carbonyl (C=O) groups excluding carboxylic acids is 1. The third-order valence-electron chi connectivity index (χ3n) is 3.88. The van der Waals surface area contributed by atoms with Crippen LogP contribution in [0.5, 0.6) is 0 Å². The number of nitrogens with zero attached hydrogens (tertiary/aromatic N) is 1. The van der Waals surface area contributed by atoms with Crippen molar-refractivity contribution in [2.24, 2.45) is 0 Å². The number of piperidine rings is 1.